The van der Waals surface area contributed by atoms with Crippen molar-refractivity contribution in [3.8, 4) is 0 Å². The predicted molar refractivity (Wildman–Crippen MR) is 80.4 cm³/mol. The van der Waals surface area contributed by atoms with Gasteiger partial charge in [0.2, 0.25) is 0 Å². The van der Waals surface area contributed by atoms with E-state index < -0.39 is 0 Å². The molecule has 0 saturated carbocycles. The maximum absolute atomic E-state index is 4.50. The van der Waals surface area contributed by atoms with Gasteiger partial charge in [0.15, 0.2) is 0 Å². The van der Waals surface area contributed by atoms with Crippen LogP contribution in [0.3, 0.4) is 0 Å². The number of rotatable bonds is 7. The fourth-order valence-corrected chi connectivity index (χ4v) is 3.31. The molecule has 1 N–H and O–H groups in total. The van der Waals surface area contributed by atoms with Crippen LogP contribution in [-0.2, 0) is 0 Å². The highest BCUT2D eigenvalue weighted by Gasteiger charge is 2.16. The molecule has 0 aliphatic rings. The Hall–Kier alpha value is -0.450. The molecule has 3 nitrogen and oxygen atoms in total. The average molecular weight is 269 g/mol. The first kappa shape index (κ1) is 15.6. The van der Waals surface area contributed by atoms with Crippen LogP contribution >= 0.6 is 11.3 Å². The summed E-state index contributed by atoms with van der Waals surface area (Å²) in [4.78, 5) is 8.33. The number of hydrogen-bond acceptors (Lipinski definition) is 4. The van der Waals surface area contributed by atoms with Crippen LogP contribution in [0.25, 0.3) is 0 Å². The van der Waals surface area contributed by atoms with Crippen LogP contribution in [0.5, 0.6) is 0 Å². The van der Waals surface area contributed by atoms with E-state index in [1.54, 1.807) is 0 Å². The van der Waals surface area contributed by atoms with Gasteiger partial charge in [0.1, 0.15) is 0 Å². The zero-order valence-corrected chi connectivity index (χ0v) is 13.4. The van der Waals surface area contributed by atoms with Gasteiger partial charge in [-0.05, 0) is 40.8 Å². The Bertz CT molecular complexity index is 358. The van der Waals surface area contributed by atoms with Gasteiger partial charge in [-0.1, -0.05) is 13.8 Å². The van der Waals surface area contributed by atoms with Gasteiger partial charge in [0, 0.05) is 23.5 Å². The highest BCUT2D eigenvalue weighted by atomic mass is 32.1. The fourth-order valence-electron chi connectivity index (χ4n) is 2.37. The number of aromatic nitrogens is 1. The van der Waals surface area contributed by atoms with E-state index in [1.807, 2.05) is 11.3 Å². The Morgan fingerprint density at radius 2 is 1.83 bits per heavy atom. The van der Waals surface area contributed by atoms with Crippen molar-refractivity contribution in [3.05, 3.63) is 15.6 Å². The molecule has 2 atom stereocenters. The van der Waals surface area contributed by atoms with Crippen molar-refractivity contribution >= 4 is 11.3 Å². The van der Waals surface area contributed by atoms with Crippen molar-refractivity contribution in [3.63, 3.8) is 0 Å². The maximum atomic E-state index is 4.50. The number of nitrogens with one attached hydrogen (secondary N) is 1. The number of hydrogen-bond donors (Lipinski definition) is 1. The number of likely N-dealkylation sites (N-methyl/N-ethyl adjacent to an activating group) is 1. The highest BCUT2D eigenvalue weighted by Crippen LogP contribution is 2.24. The number of thiazole rings is 1. The van der Waals surface area contributed by atoms with Crippen LogP contribution in [0.2, 0.25) is 0 Å². The van der Waals surface area contributed by atoms with Crippen molar-refractivity contribution < 1.29 is 0 Å². The second-order valence-corrected chi connectivity index (χ2v) is 6.19. The second kappa shape index (κ2) is 7.22. The quantitative estimate of drug-likeness (QED) is 0.824. The molecule has 0 fully saturated rings. The Morgan fingerprint density at radius 1 is 1.22 bits per heavy atom. The van der Waals surface area contributed by atoms with Crippen LogP contribution in [0.1, 0.15) is 49.3 Å². The summed E-state index contributed by atoms with van der Waals surface area (Å²) in [6.45, 7) is 16.5. The molecule has 1 aromatic heterocycles. The molecule has 0 spiro atoms. The zero-order valence-electron chi connectivity index (χ0n) is 12.6. The van der Waals surface area contributed by atoms with E-state index >= 15 is 0 Å². The normalized spacial score (nSPS) is 15.1. The van der Waals surface area contributed by atoms with E-state index in [2.05, 4.69) is 56.7 Å². The van der Waals surface area contributed by atoms with Gasteiger partial charge >= 0.3 is 0 Å². The first-order chi connectivity index (χ1) is 8.47. The third kappa shape index (κ3) is 4.34. The lowest BCUT2D eigenvalue weighted by Gasteiger charge is -2.26. The van der Waals surface area contributed by atoms with E-state index in [1.165, 1.54) is 10.6 Å². The van der Waals surface area contributed by atoms with Crippen molar-refractivity contribution in [2.24, 2.45) is 0 Å². The van der Waals surface area contributed by atoms with Crippen molar-refractivity contribution in [2.45, 2.75) is 53.6 Å². The summed E-state index contributed by atoms with van der Waals surface area (Å²) in [5.74, 6) is 0. The molecular formula is C14H27N3S. The van der Waals surface area contributed by atoms with Crippen molar-refractivity contribution in [1.29, 1.82) is 0 Å². The van der Waals surface area contributed by atoms with Crippen LogP contribution in [0.4, 0.5) is 0 Å². The van der Waals surface area contributed by atoms with E-state index in [0.29, 0.717) is 12.1 Å². The molecule has 4 heteroatoms. The molecule has 0 aliphatic carbocycles. The largest absolute Gasteiger partial charge is 0.306 e. The Kier molecular flexibility index (Phi) is 6.26. The lowest BCUT2D eigenvalue weighted by atomic mass is 10.2. The minimum atomic E-state index is 0.391. The smallest absolute Gasteiger partial charge is 0.0900 e. The summed E-state index contributed by atoms with van der Waals surface area (Å²) in [7, 11) is 0. The summed E-state index contributed by atoms with van der Waals surface area (Å²) in [6, 6.07) is 0.892. The zero-order chi connectivity index (χ0) is 13.7. The Labute approximate surface area is 116 Å². The van der Waals surface area contributed by atoms with E-state index in [-0.39, 0.29) is 0 Å². The van der Waals surface area contributed by atoms with Crippen molar-refractivity contribution in [1.82, 2.24) is 15.2 Å². The molecular weight excluding hydrogens is 242 g/mol. The topological polar surface area (TPSA) is 28.2 Å². The van der Waals surface area contributed by atoms with Gasteiger partial charge in [0.25, 0.3) is 0 Å². The summed E-state index contributed by atoms with van der Waals surface area (Å²) in [5, 5.41) is 4.84. The molecule has 1 rings (SSSR count). The van der Waals surface area contributed by atoms with Crippen LogP contribution < -0.4 is 5.32 Å². The van der Waals surface area contributed by atoms with Gasteiger partial charge in [-0.15, -0.1) is 11.3 Å². The third-order valence-electron chi connectivity index (χ3n) is 3.29. The van der Waals surface area contributed by atoms with Gasteiger partial charge in [-0.2, -0.15) is 0 Å². The lowest BCUT2D eigenvalue weighted by Crippen LogP contribution is -2.40. The van der Waals surface area contributed by atoms with Gasteiger partial charge in [-0.3, -0.25) is 0 Å². The first-order valence-electron chi connectivity index (χ1n) is 6.90. The monoisotopic (exact) mass is 269 g/mol. The standard InChI is InChI=1S/C14H27N3S/c1-7-17(8-2)9-10(3)15-11(4)14-12(5)16-13(6)18-14/h10-11,15H,7-9H2,1-6H3. The number of nitrogens with zero attached hydrogens (tertiary/aromatic N) is 2. The van der Waals surface area contributed by atoms with E-state index in [9.17, 15) is 0 Å². The number of aryl methyl sites for hydroxylation is 2. The van der Waals surface area contributed by atoms with Gasteiger partial charge < -0.3 is 10.2 Å². The van der Waals surface area contributed by atoms with Gasteiger partial charge in [-0.25, -0.2) is 4.98 Å². The summed E-state index contributed by atoms with van der Waals surface area (Å²) in [6.07, 6.45) is 0. The molecule has 2 unspecified atom stereocenters. The SMILES string of the molecule is CCN(CC)CC(C)NC(C)c1sc(C)nc1C. The molecule has 0 saturated heterocycles. The molecule has 1 heterocycles. The molecule has 0 radical (unpaired) electrons. The summed E-state index contributed by atoms with van der Waals surface area (Å²) < 4.78 is 0. The molecule has 0 amide bonds. The third-order valence-corrected chi connectivity index (χ3v) is 4.55. The highest BCUT2D eigenvalue weighted by molar-refractivity contribution is 7.11. The Balaban J connectivity index is 2.54. The van der Waals surface area contributed by atoms with E-state index in [4.69, 9.17) is 0 Å². The average Bonchev–Trinajstić information content (AvgIpc) is 2.65. The van der Waals surface area contributed by atoms with Crippen LogP contribution in [0, 0.1) is 13.8 Å². The lowest BCUT2D eigenvalue weighted by molar-refractivity contribution is 0.264. The Morgan fingerprint density at radius 3 is 2.28 bits per heavy atom. The summed E-state index contributed by atoms with van der Waals surface area (Å²) >= 11 is 1.81. The van der Waals surface area contributed by atoms with E-state index in [0.717, 1.165) is 24.6 Å². The molecule has 1 aromatic rings. The minimum Gasteiger partial charge on any atom is -0.306 e. The summed E-state index contributed by atoms with van der Waals surface area (Å²) in [5.41, 5.74) is 1.17. The predicted octanol–water partition coefficient (Wildman–Crippen LogP) is 3.14. The minimum absolute atomic E-state index is 0.391. The fraction of sp³-hybridized carbons (Fsp3) is 0.786. The van der Waals surface area contributed by atoms with Crippen LogP contribution in [0.15, 0.2) is 0 Å². The second-order valence-electron chi connectivity index (χ2n) is 4.96. The molecule has 18 heavy (non-hydrogen) atoms. The molecule has 0 aromatic carbocycles. The first-order valence-corrected chi connectivity index (χ1v) is 7.71. The molecule has 0 bridgehead atoms. The molecule has 0 aliphatic heterocycles. The van der Waals surface area contributed by atoms with Crippen molar-refractivity contribution in [2.75, 3.05) is 19.6 Å². The molecule has 104 valence electrons. The van der Waals surface area contributed by atoms with Crippen LogP contribution in [-0.4, -0.2) is 35.6 Å². The van der Waals surface area contributed by atoms with Gasteiger partial charge in [0.05, 0.1) is 10.7 Å². The maximum Gasteiger partial charge on any atom is 0.0900 e.